The number of nitrogens with zero attached hydrogens (tertiary/aromatic N) is 2. The summed E-state index contributed by atoms with van der Waals surface area (Å²) in [6, 6.07) is 8.34. The molecule has 1 aliphatic heterocycles. The lowest BCUT2D eigenvalue weighted by atomic mass is 9.75. The second kappa shape index (κ2) is 5.94. The number of hydrogen-bond donors (Lipinski definition) is 3. The summed E-state index contributed by atoms with van der Waals surface area (Å²) in [4.78, 5) is 8.42. The van der Waals surface area contributed by atoms with Gasteiger partial charge in [0, 0.05) is 18.2 Å². The monoisotopic (exact) mass is 326 g/mol. The predicted octanol–water partition coefficient (Wildman–Crippen LogP) is 2.23. The number of aromatic nitrogens is 2. The van der Waals surface area contributed by atoms with Crippen LogP contribution in [0, 0.1) is 12.8 Å². The Morgan fingerprint density at radius 1 is 1.29 bits per heavy atom. The zero-order valence-electron chi connectivity index (χ0n) is 13.7. The van der Waals surface area contributed by atoms with E-state index in [-0.39, 0.29) is 18.1 Å². The van der Waals surface area contributed by atoms with Gasteiger partial charge >= 0.3 is 0 Å². The van der Waals surface area contributed by atoms with Crippen molar-refractivity contribution < 1.29 is 9.84 Å². The summed E-state index contributed by atoms with van der Waals surface area (Å²) in [7, 11) is 0. The van der Waals surface area contributed by atoms with Gasteiger partial charge in [-0.05, 0) is 48.9 Å². The molecule has 24 heavy (non-hydrogen) atoms. The van der Waals surface area contributed by atoms with E-state index in [1.54, 1.807) is 0 Å². The van der Waals surface area contributed by atoms with Crippen molar-refractivity contribution >= 4 is 11.8 Å². The quantitative estimate of drug-likeness (QED) is 0.798. The van der Waals surface area contributed by atoms with Gasteiger partial charge in [-0.1, -0.05) is 6.07 Å². The van der Waals surface area contributed by atoms with Crippen LogP contribution < -0.4 is 15.8 Å². The molecule has 0 saturated heterocycles. The minimum absolute atomic E-state index is 0.0907. The van der Waals surface area contributed by atoms with Crippen molar-refractivity contribution in [1.29, 1.82) is 0 Å². The summed E-state index contributed by atoms with van der Waals surface area (Å²) in [6.07, 6.45) is 2.34. The van der Waals surface area contributed by atoms with Crippen LogP contribution in [0.1, 0.15) is 35.7 Å². The fourth-order valence-corrected chi connectivity index (χ4v) is 3.60. The van der Waals surface area contributed by atoms with Gasteiger partial charge in [-0.2, -0.15) is 4.98 Å². The molecular weight excluding hydrogens is 304 g/mol. The van der Waals surface area contributed by atoms with Crippen molar-refractivity contribution in [3.8, 4) is 5.75 Å². The first-order valence-corrected chi connectivity index (χ1v) is 8.40. The number of nitrogen functional groups attached to an aromatic ring is 1. The van der Waals surface area contributed by atoms with E-state index in [9.17, 15) is 5.11 Å². The zero-order chi connectivity index (χ0) is 16.7. The fraction of sp³-hybridized carbons (Fsp3) is 0.444. The number of aliphatic hydroxyl groups is 1. The summed E-state index contributed by atoms with van der Waals surface area (Å²) in [5.74, 6) is 2.35. The molecule has 6 nitrogen and oxygen atoms in total. The summed E-state index contributed by atoms with van der Waals surface area (Å²) >= 11 is 0. The van der Waals surface area contributed by atoms with Crippen molar-refractivity contribution in [3.63, 3.8) is 0 Å². The molecule has 2 heterocycles. The Morgan fingerprint density at radius 3 is 2.88 bits per heavy atom. The second-order valence-electron chi connectivity index (χ2n) is 6.73. The molecule has 6 heteroatoms. The third-order valence-electron chi connectivity index (χ3n) is 4.87. The largest absolute Gasteiger partial charge is 0.493 e. The van der Waals surface area contributed by atoms with Crippen LogP contribution in [0.15, 0.2) is 24.3 Å². The average molecular weight is 326 g/mol. The van der Waals surface area contributed by atoms with Crippen molar-refractivity contribution in [1.82, 2.24) is 9.97 Å². The molecule has 0 unspecified atom stereocenters. The molecule has 0 spiro atoms. The Balaban J connectivity index is 1.64. The maximum atomic E-state index is 9.73. The zero-order valence-corrected chi connectivity index (χ0v) is 13.7. The molecule has 2 aromatic rings. The maximum absolute atomic E-state index is 9.73. The molecule has 1 saturated carbocycles. The molecule has 1 aromatic heterocycles. The number of rotatable bonds is 4. The van der Waals surface area contributed by atoms with Crippen molar-refractivity contribution in [2.45, 2.75) is 38.3 Å². The maximum Gasteiger partial charge on any atom is 0.222 e. The van der Waals surface area contributed by atoms with Gasteiger partial charge < -0.3 is 20.9 Å². The van der Waals surface area contributed by atoms with E-state index in [2.05, 4.69) is 27.4 Å². The molecular formula is C18H22N4O2. The fourth-order valence-electron chi connectivity index (χ4n) is 3.60. The van der Waals surface area contributed by atoms with Crippen molar-refractivity contribution in [3.05, 3.63) is 41.1 Å². The molecule has 1 aromatic carbocycles. The molecule has 1 fully saturated rings. The van der Waals surface area contributed by atoms with Crippen LogP contribution in [0.3, 0.4) is 0 Å². The van der Waals surface area contributed by atoms with Gasteiger partial charge in [0.15, 0.2) is 0 Å². The summed E-state index contributed by atoms with van der Waals surface area (Å²) in [5.41, 5.74) is 9.05. The molecule has 4 rings (SSSR count). The number of fused-ring (bicyclic) bond motifs is 1. The van der Waals surface area contributed by atoms with Crippen LogP contribution in [-0.2, 0) is 6.42 Å². The Hall–Kier alpha value is -2.34. The molecule has 0 bridgehead atoms. The molecule has 1 aliphatic carbocycles. The number of nitrogens with two attached hydrogens (primary N) is 1. The minimum Gasteiger partial charge on any atom is -0.493 e. The summed E-state index contributed by atoms with van der Waals surface area (Å²) < 4.78 is 5.60. The SMILES string of the molecule is Cc1cc(N[C@@H](c2ccc3c(c2)CCO3)C2CC(O)C2)nc(N)n1. The molecule has 2 aliphatic rings. The smallest absolute Gasteiger partial charge is 0.222 e. The lowest BCUT2D eigenvalue weighted by Gasteiger charge is -2.38. The lowest BCUT2D eigenvalue weighted by molar-refractivity contribution is 0.0339. The highest BCUT2D eigenvalue weighted by Gasteiger charge is 2.35. The number of aliphatic hydroxyl groups excluding tert-OH is 1. The molecule has 126 valence electrons. The van der Waals surface area contributed by atoms with Gasteiger partial charge in [-0.25, -0.2) is 4.98 Å². The number of nitrogens with one attached hydrogen (secondary N) is 1. The highest BCUT2D eigenvalue weighted by molar-refractivity contribution is 5.46. The number of hydrogen-bond acceptors (Lipinski definition) is 6. The normalized spacial score (nSPS) is 23.1. The molecule has 4 N–H and O–H groups in total. The van der Waals surface area contributed by atoms with Crippen LogP contribution in [0.4, 0.5) is 11.8 Å². The number of anilines is 2. The van der Waals surface area contributed by atoms with E-state index < -0.39 is 0 Å². The van der Waals surface area contributed by atoms with Crippen LogP contribution in [0.5, 0.6) is 5.75 Å². The Kier molecular flexibility index (Phi) is 3.76. The van der Waals surface area contributed by atoms with Gasteiger partial charge in [-0.3, -0.25) is 0 Å². The Morgan fingerprint density at radius 2 is 2.12 bits per heavy atom. The summed E-state index contributed by atoms with van der Waals surface area (Å²) in [6.45, 7) is 2.65. The van der Waals surface area contributed by atoms with Crippen LogP contribution in [0.25, 0.3) is 0 Å². The van der Waals surface area contributed by atoms with Crippen LogP contribution >= 0.6 is 0 Å². The van der Waals surface area contributed by atoms with Crippen molar-refractivity contribution in [2.24, 2.45) is 5.92 Å². The van der Waals surface area contributed by atoms with Gasteiger partial charge in [0.05, 0.1) is 18.8 Å². The number of benzene rings is 1. The third-order valence-corrected chi connectivity index (χ3v) is 4.87. The van der Waals surface area contributed by atoms with E-state index in [1.807, 2.05) is 19.1 Å². The van der Waals surface area contributed by atoms with E-state index in [1.165, 1.54) is 11.1 Å². The van der Waals surface area contributed by atoms with Crippen molar-refractivity contribution in [2.75, 3.05) is 17.7 Å². The summed E-state index contributed by atoms with van der Waals surface area (Å²) in [5, 5.41) is 13.2. The Bertz CT molecular complexity index is 738. The lowest BCUT2D eigenvalue weighted by Crippen LogP contribution is -2.36. The highest BCUT2D eigenvalue weighted by atomic mass is 16.5. The van der Waals surface area contributed by atoms with Gasteiger partial charge in [0.1, 0.15) is 11.6 Å². The van der Waals surface area contributed by atoms with Crippen LogP contribution in [0.2, 0.25) is 0 Å². The predicted molar refractivity (Wildman–Crippen MR) is 91.9 cm³/mol. The number of ether oxygens (including phenoxy) is 1. The average Bonchev–Trinajstić information content (AvgIpc) is 2.96. The van der Waals surface area contributed by atoms with Crippen LogP contribution in [-0.4, -0.2) is 27.8 Å². The third kappa shape index (κ3) is 2.89. The second-order valence-corrected chi connectivity index (χ2v) is 6.73. The van der Waals surface area contributed by atoms with E-state index >= 15 is 0 Å². The van der Waals surface area contributed by atoms with E-state index in [0.717, 1.165) is 43.1 Å². The standard InChI is InChI=1S/C18H22N4O2/c1-10-6-16(22-18(19)20-10)21-17(13-8-14(23)9-13)12-2-3-15-11(7-12)4-5-24-15/h2-3,6-7,13-14,17,23H,4-5,8-9H2,1H3,(H3,19,20,21,22)/t13?,14?,17-/m0/s1. The van der Waals surface area contributed by atoms with Gasteiger partial charge in [0.25, 0.3) is 0 Å². The molecule has 1 atom stereocenters. The highest BCUT2D eigenvalue weighted by Crippen LogP contribution is 2.41. The van der Waals surface area contributed by atoms with E-state index in [4.69, 9.17) is 10.5 Å². The van der Waals surface area contributed by atoms with Gasteiger partial charge in [-0.15, -0.1) is 0 Å². The molecule has 0 radical (unpaired) electrons. The first-order chi connectivity index (χ1) is 11.6. The molecule has 0 amide bonds. The topological polar surface area (TPSA) is 93.3 Å². The first kappa shape index (κ1) is 15.2. The number of aryl methyl sites for hydroxylation is 1. The first-order valence-electron chi connectivity index (χ1n) is 8.40. The minimum atomic E-state index is -0.200. The van der Waals surface area contributed by atoms with E-state index in [0.29, 0.717) is 5.92 Å². The Labute approximate surface area is 141 Å². The van der Waals surface area contributed by atoms with Gasteiger partial charge in [0.2, 0.25) is 5.95 Å².